The average molecular weight is 220 g/mol. The van der Waals surface area contributed by atoms with Crippen molar-refractivity contribution in [3.63, 3.8) is 0 Å². The van der Waals surface area contributed by atoms with Crippen molar-refractivity contribution in [1.29, 1.82) is 0 Å². The van der Waals surface area contributed by atoms with Gasteiger partial charge in [0.2, 0.25) is 5.88 Å². The molecule has 0 bridgehead atoms. The molecule has 4 nitrogen and oxygen atoms in total. The van der Waals surface area contributed by atoms with E-state index < -0.39 is 0 Å². The Balaban J connectivity index is 2.66. The summed E-state index contributed by atoms with van der Waals surface area (Å²) in [6.07, 6.45) is 4.29. The van der Waals surface area contributed by atoms with E-state index in [2.05, 4.69) is 10.3 Å². The van der Waals surface area contributed by atoms with Crippen LogP contribution in [0.4, 0.5) is 5.69 Å². The number of allylic oxidation sites excluding steroid dienone is 1. The third-order valence-corrected chi connectivity index (χ3v) is 2.07. The molecule has 0 saturated heterocycles. The van der Waals surface area contributed by atoms with Gasteiger partial charge in [-0.15, -0.1) is 0 Å². The lowest BCUT2D eigenvalue weighted by Gasteiger charge is -2.05. The lowest BCUT2D eigenvalue weighted by atomic mass is 10.2. The summed E-state index contributed by atoms with van der Waals surface area (Å²) in [6, 6.07) is 3.46. The summed E-state index contributed by atoms with van der Waals surface area (Å²) >= 11 is 0. The van der Waals surface area contributed by atoms with Crippen LogP contribution in [0.2, 0.25) is 0 Å². The Morgan fingerprint density at radius 2 is 2.31 bits per heavy atom. The van der Waals surface area contributed by atoms with Crippen molar-refractivity contribution in [1.82, 2.24) is 4.98 Å². The number of methoxy groups -OCH3 is 1. The second-order valence-corrected chi connectivity index (χ2v) is 3.34. The van der Waals surface area contributed by atoms with Crippen molar-refractivity contribution in [2.75, 3.05) is 12.4 Å². The van der Waals surface area contributed by atoms with Crippen LogP contribution in [0.5, 0.6) is 5.88 Å². The van der Waals surface area contributed by atoms with Gasteiger partial charge in [-0.2, -0.15) is 0 Å². The summed E-state index contributed by atoms with van der Waals surface area (Å²) in [5.74, 6) is 0.424. The van der Waals surface area contributed by atoms with Gasteiger partial charge in [-0.05, 0) is 19.4 Å². The van der Waals surface area contributed by atoms with Crippen LogP contribution in [0.25, 0.3) is 0 Å². The van der Waals surface area contributed by atoms with Gasteiger partial charge in [-0.25, -0.2) is 4.98 Å². The zero-order chi connectivity index (χ0) is 12.0. The highest BCUT2D eigenvalue weighted by molar-refractivity contribution is 6.03. The average Bonchev–Trinajstić information content (AvgIpc) is 2.30. The van der Waals surface area contributed by atoms with Gasteiger partial charge in [0.1, 0.15) is 0 Å². The van der Waals surface area contributed by atoms with Crippen LogP contribution in [0, 0.1) is 0 Å². The van der Waals surface area contributed by atoms with Crippen LogP contribution in [0.1, 0.15) is 20.3 Å². The number of carbonyl (C=O) groups excluding carboxylic acids is 1. The molecule has 1 N–H and O–H groups in total. The highest BCUT2D eigenvalue weighted by Gasteiger charge is 2.04. The van der Waals surface area contributed by atoms with Crippen LogP contribution in [-0.4, -0.2) is 18.0 Å². The SMILES string of the molecule is CC/C=C(\C)C(=O)Nc1ccc(OC)nc1. The molecule has 1 heterocycles. The lowest BCUT2D eigenvalue weighted by Crippen LogP contribution is -2.12. The molecule has 0 spiro atoms. The summed E-state index contributed by atoms with van der Waals surface area (Å²) < 4.78 is 4.92. The second kappa shape index (κ2) is 5.90. The molecule has 0 aliphatic heterocycles. The number of carbonyl (C=O) groups is 1. The number of anilines is 1. The molecule has 0 aliphatic carbocycles. The summed E-state index contributed by atoms with van der Waals surface area (Å²) in [5.41, 5.74) is 1.37. The van der Waals surface area contributed by atoms with Gasteiger partial charge in [-0.1, -0.05) is 13.0 Å². The third kappa shape index (κ3) is 3.38. The topological polar surface area (TPSA) is 51.2 Å². The minimum absolute atomic E-state index is 0.103. The first kappa shape index (κ1) is 12.2. The van der Waals surface area contributed by atoms with Crippen molar-refractivity contribution >= 4 is 11.6 Å². The van der Waals surface area contributed by atoms with Crippen molar-refractivity contribution in [3.8, 4) is 5.88 Å². The van der Waals surface area contributed by atoms with E-state index in [-0.39, 0.29) is 5.91 Å². The number of pyridine rings is 1. The Bertz CT molecular complexity index is 383. The molecule has 0 atom stereocenters. The number of amides is 1. The van der Waals surface area contributed by atoms with E-state index >= 15 is 0 Å². The van der Waals surface area contributed by atoms with E-state index in [0.29, 0.717) is 17.1 Å². The van der Waals surface area contributed by atoms with E-state index in [1.54, 1.807) is 32.4 Å². The summed E-state index contributed by atoms with van der Waals surface area (Å²) in [5, 5.41) is 2.75. The number of nitrogens with zero attached hydrogens (tertiary/aromatic N) is 1. The monoisotopic (exact) mass is 220 g/mol. The molecular weight excluding hydrogens is 204 g/mol. The molecule has 1 aromatic heterocycles. The van der Waals surface area contributed by atoms with Crippen molar-refractivity contribution < 1.29 is 9.53 Å². The fourth-order valence-corrected chi connectivity index (χ4v) is 1.20. The van der Waals surface area contributed by atoms with E-state index in [9.17, 15) is 4.79 Å². The maximum atomic E-state index is 11.6. The highest BCUT2D eigenvalue weighted by Crippen LogP contribution is 2.11. The first-order chi connectivity index (χ1) is 7.67. The molecule has 0 saturated carbocycles. The number of rotatable bonds is 4. The molecule has 0 fully saturated rings. The Labute approximate surface area is 95.3 Å². The van der Waals surface area contributed by atoms with Crippen LogP contribution in [0.15, 0.2) is 30.0 Å². The van der Waals surface area contributed by atoms with Crippen LogP contribution >= 0.6 is 0 Å². The number of aromatic nitrogens is 1. The maximum absolute atomic E-state index is 11.6. The Hall–Kier alpha value is -1.84. The second-order valence-electron chi connectivity index (χ2n) is 3.34. The van der Waals surface area contributed by atoms with Gasteiger partial charge in [-0.3, -0.25) is 4.79 Å². The third-order valence-electron chi connectivity index (χ3n) is 2.07. The first-order valence-electron chi connectivity index (χ1n) is 5.15. The Morgan fingerprint density at radius 1 is 1.56 bits per heavy atom. The Morgan fingerprint density at radius 3 is 2.81 bits per heavy atom. The van der Waals surface area contributed by atoms with Crippen LogP contribution in [-0.2, 0) is 4.79 Å². The van der Waals surface area contributed by atoms with E-state index in [0.717, 1.165) is 6.42 Å². The molecule has 16 heavy (non-hydrogen) atoms. The zero-order valence-electron chi connectivity index (χ0n) is 9.78. The van der Waals surface area contributed by atoms with Crippen molar-refractivity contribution in [3.05, 3.63) is 30.0 Å². The van der Waals surface area contributed by atoms with Crippen LogP contribution < -0.4 is 10.1 Å². The number of nitrogens with one attached hydrogen (secondary N) is 1. The summed E-state index contributed by atoms with van der Waals surface area (Å²) in [4.78, 5) is 15.6. The number of ether oxygens (including phenoxy) is 1. The number of hydrogen-bond donors (Lipinski definition) is 1. The molecular formula is C12H16N2O2. The molecule has 0 aliphatic rings. The summed E-state index contributed by atoms with van der Waals surface area (Å²) in [6.45, 7) is 3.78. The smallest absolute Gasteiger partial charge is 0.251 e. The predicted molar refractivity (Wildman–Crippen MR) is 63.5 cm³/mol. The minimum atomic E-state index is -0.103. The number of hydrogen-bond acceptors (Lipinski definition) is 3. The van der Waals surface area contributed by atoms with Gasteiger partial charge >= 0.3 is 0 Å². The van der Waals surface area contributed by atoms with Crippen molar-refractivity contribution in [2.24, 2.45) is 0 Å². The molecule has 1 amide bonds. The quantitative estimate of drug-likeness (QED) is 0.792. The standard InChI is InChI=1S/C12H16N2O2/c1-4-5-9(2)12(15)14-10-6-7-11(16-3)13-8-10/h5-8H,4H2,1-3H3,(H,14,15)/b9-5+. The van der Waals surface area contributed by atoms with E-state index in [1.165, 1.54) is 0 Å². The highest BCUT2D eigenvalue weighted by atomic mass is 16.5. The summed E-state index contributed by atoms with van der Waals surface area (Å²) in [7, 11) is 1.55. The van der Waals surface area contributed by atoms with Gasteiger partial charge in [0.05, 0.1) is 19.0 Å². The minimum Gasteiger partial charge on any atom is -0.481 e. The molecule has 4 heteroatoms. The van der Waals surface area contributed by atoms with Gasteiger partial charge in [0, 0.05) is 11.6 Å². The normalized spacial score (nSPS) is 11.1. The van der Waals surface area contributed by atoms with Gasteiger partial charge < -0.3 is 10.1 Å². The molecule has 0 unspecified atom stereocenters. The van der Waals surface area contributed by atoms with Gasteiger partial charge in [0.15, 0.2) is 0 Å². The van der Waals surface area contributed by atoms with Gasteiger partial charge in [0.25, 0.3) is 5.91 Å². The molecule has 1 rings (SSSR count). The maximum Gasteiger partial charge on any atom is 0.251 e. The van der Waals surface area contributed by atoms with E-state index in [4.69, 9.17) is 4.74 Å². The van der Waals surface area contributed by atoms with Crippen LogP contribution in [0.3, 0.4) is 0 Å². The fourth-order valence-electron chi connectivity index (χ4n) is 1.20. The Kier molecular flexibility index (Phi) is 4.51. The predicted octanol–water partition coefficient (Wildman–Crippen LogP) is 2.38. The fraction of sp³-hybridized carbons (Fsp3) is 0.333. The molecule has 1 aromatic rings. The largest absolute Gasteiger partial charge is 0.481 e. The molecule has 0 aromatic carbocycles. The molecule has 0 radical (unpaired) electrons. The molecule has 86 valence electrons. The van der Waals surface area contributed by atoms with Crippen molar-refractivity contribution in [2.45, 2.75) is 20.3 Å². The zero-order valence-corrected chi connectivity index (χ0v) is 9.78. The lowest BCUT2D eigenvalue weighted by molar-refractivity contribution is -0.112. The van der Waals surface area contributed by atoms with E-state index in [1.807, 2.05) is 13.0 Å². The first-order valence-corrected chi connectivity index (χ1v) is 5.15.